The Kier molecular flexibility index (Phi) is 5.34. The monoisotopic (exact) mass is 291 g/mol. The predicted molar refractivity (Wildman–Crippen MR) is 74.8 cm³/mol. The van der Waals surface area contributed by atoms with Crippen LogP contribution in [0.15, 0.2) is 0 Å². The summed E-state index contributed by atoms with van der Waals surface area (Å²) in [6.07, 6.45) is 3.20. The molecule has 19 heavy (non-hydrogen) atoms. The summed E-state index contributed by atoms with van der Waals surface area (Å²) in [7, 11) is -3.60. The molecule has 0 saturated carbocycles. The van der Waals surface area contributed by atoms with E-state index in [4.69, 9.17) is 0 Å². The zero-order chi connectivity index (χ0) is 14.7. The van der Waals surface area contributed by atoms with Gasteiger partial charge in [-0.2, -0.15) is 0 Å². The number of hydrogen-bond acceptors (Lipinski definition) is 4. The van der Waals surface area contributed by atoms with E-state index in [1.54, 1.807) is 20.8 Å². The molecule has 0 radical (unpaired) electrons. The van der Waals surface area contributed by atoms with Crippen LogP contribution in [-0.2, 0) is 14.8 Å². The average Bonchev–Trinajstić information content (AvgIpc) is 2.16. The normalized spacial score (nSPS) is 22.2. The van der Waals surface area contributed by atoms with Gasteiger partial charge in [-0.05, 0) is 40.5 Å². The third kappa shape index (κ3) is 6.35. The van der Waals surface area contributed by atoms with Crippen molar-refractivity contribution in [2.75, 3.05) is 12.3 Å². The molecule has 0 bridgehead atoms. The summed E-state index contributed by atoms with van der Waals surface area (Å²) < 4.78 is 26.0. The van der Waals surface area contributed by atoms with E-state index in [-0.39, 0.29) is 6.04 Å². The van der Waals surface area contributed by atoms with Crippen molar-refractivity contribution in [3.05, 3.63) is 0 Å². The minimum atomic E-state index is -3.60. The second kappa shape index (κ2) is 6.19. The number of hydrazine groups is 1. The maximum Gasteiger partial charge on any atom is 0.250 e. The summed E-state index contributed by atoms with van der Waals surface area (Å²) in [5.41, 5.74) is 2.11. The minimum Gasteiger partial charge on any atom is -0.288 e. The Balaban J connectivity index is 2.50. The predicted octanol–water partition coefficient (Wildman–Crippen LogP) is 0.610. The number of carbonyl (C=O) groups excluding carboxylic acids is 1. The Morgan fingerprint density at radius 2 is 1.95 bits per heavy atom. The Morgan fingerprint density at radius 3 is 2.47 bits per heavy atom. The number of hydrogen-bond donors (Lipinski definition) is 2. The molecule has 1 rings (SSSR count). The molecule has 0 aromatic heterocycles. The van der Waals surface area contributed by atoms with Gasteiger partial charge in [-0.15, -0.1) is 0 Å². The van der Waals surface area contributed by atoms with Gasteiger partial charge in [0.15, 0.2) is 0 Å². The van der Waals surface area contributed by atoms with Gasteiger partial charge in [-0.3, -0.25) is 10.2 Å². The molecule has 0 aromatic carbocycles. The van der Waals surface area contributed by atoms with Gasteiger partial charge in [0.25, 0.3) is 5.91 Å². The van der Waals surface area contributed by atoms with E-state index in [1.165, 1.54) is 0 Å². The van der Waals surface area contributed by atoms with E-state index in [1.807, 2.05) is 11.9 Å². The first kappa shape index (κ1) is 16.4. The first-order chi connectivity index (χ1) is 8.59. The van der Waals surface area contributed by atoms with Crippen molar-refractivity contribution >= 4 is 15.9 Å². The largest absolute Gasteiger partial charge is 0.288 e. The van der Waals surface area contributed by atoms with E-state index in [0.29, 0.717) is 0 Å². The molecule has 0 spiro atoms. The molecule has 1 aliphatic heterocycles. The lowest BCUT2D eigenvalue weighted by Gasteiger charge is -2.33. The van der Waals surface area contributed by atoms with Gasteiger partial charge >= 0.3 is 0 Å². The van der Waals surface area contributed by atoms with E-state index in [9.17, 15) is 13.2 Å². The lowest BCUT2D eigenvalue weighted by molar-refractivity contribution is -0.125. The van der Waals surface area contributed by atoms with Crippen molar-refractivity contribution in [2.24, 2.45) is 0 Å². The molecule has 1 heterocycles. The van der Waals surface area contributed by atoms with Crippen molar-refractivity contribution in [3.63, 3.8) is 0 Å². The summed E-state index contributed by atoms with van der Waals surface area (Å²) in [6, 6.07) is 0.260. The molecule has 0 aliphatic carbocycles. The third-order valence-corrected chi connectivity index (χ3v) is 4.42. The van der Waals surface area contributed by atoms with Crippen LogP contribution in [0.5, 0.6) is 0 Å². The molecule has 1 unspecified atom stereocenters. The summed E-state index contributed by atoms with van der Waals surface area (Å²) in [5, 5.41) is 1.83. The molecule has 1 saturated heterocycles. The van der Waals surface area contributed by atoms with Crippen LogP contribution in [0.4, 0.5) is 0 Å². The highest BCUT2D eigenvalue weighted by Crippen LogP contribution is 2.13. The number of nitrogens with zero attached hydrogens (tertiary/aromatic N) is 1. The first-order valence-corrected chi connectivity index (χ1v) is 8.32. The van der Waals surface area contributed by atoms with Crippen LogP contribution in [0.1, 0.15) is 47.0 Å². The Labute approximate surface area is 115 Å². The minimum absolute atomic E-state index is 0.260. The van der Waals surface area contributed by atoms with Crippen molar-refractivity contribution < 1.29 is 13.2 Å². The van der Waals surface area contributed by atoms with Gasteiger partial charge in [0.05, 0.1) is 0 Å². The molecule has 6 nitrogen and oxygen atoms in total. The van der Waals surface area contributed by atoms with E-state index >= 15 is 0 Å². The van der Waals surface area contributed by atoms with Gasteiger partial charge in [0.2, 0.25) is 10.0 Å². The molecular weight excluding hydrogens is 266 g/mol. The maximum absolute atomic E-state index is 11.8. The smallest absolute Gasteiger partial charge is 0.250 e. The van der Waals surface area contributed by atoms with Crippen LogP contribution in [0, 0.1) is 0 Å². The van der Waals surface area contributed by atoms with Crippen LogP contribution in [0.25, 0.3) is 0 Å². The SMILES string of the molecule is CC1CCCCN1NC(=O)CS(=O)(=O)NC(C)(C)C. The van der Waals surface area contributed by atoms with Crippen molar-refractivity contribution in [1.29, 1.82) is 0 Å². The summed E-state index contributed by atoms with van der Waals surface area (Å²) in [5.74, 6) is -1.02. The summed E-state index contributed by atoms with van der Waals surface area (Å²) >= 11 is 0. The second-order valence-electron chi connectivity index (χ2n) is 6.18. The van der Waals surface area contributed by atoms with Gasteiger partial charge in [-0.25, -0.2) is 18.1 Å². The average molecular weight is 291 g/mol. The molecule has 1 aliphatic rings. The molecule has 0 aromatic rings. The Morgan fingerprint density at radius 1 is 1.32 bits per heavy atom. The third-order valence-electron chi connectivity index (χ3n) is 2.85. The number of piperidine rings is 1. The molecule has 1 amide bonds. The molecule has 1 atom stereocenters. The van der Waals surface area contributed by atoms with E-state index in [2.05, 4.69) is 10.1 Å². The fraction of sp³-hybridized carbons (Fsp3) is 0.917. The number of carbonyl (C=O) groups is 1. The second-order valence-corrected chi connectivity index (χ2v) is 7.91. The van der Waals surface area contributed by atoms with Gasteiger partial charge in [0, 0.05) is 18.1 Å². The first-order valence-electron chi connectivity index (χ1n) is 6.67. The van der Waals surface area contributed by atoms with Crippen LogP contribution >= 0.6 is 0 Å². The van der Waals surface area contributed by atoms with Gasteiger partial charge in [0.1, 0.15) is 5.75 Å². The highest BCUT2D eigenvalue weighted by atomic mass is 32.2. The zero-order valence-corrected chi connectivity index (χ0v) is 13.0. The van der Waals surface area contributed by atoms with Crippen LogP contribution in [-0.4, -0.2) is 43.2 Å². The lowest BCUT2D eigenvalue weighted by atomic mass is 10.1. The van der Waals surface area contributed by atoms with Crippen molar-refractivity contribution in [3.8, 4) is 0 Å². The summed E-state index contributed by atoms with van der Waals surface area (Å²) in [4.78, 5) is 11.8. The number of rotatable bonds is 4. The Hall–Kier alpha value is -0.660. The highest BCUT2D eigenvalue weighted by molar-refractivity contribution is 7.90. The van der Waals surface area contributed by atoms with Crippen LogP contribution in [0.3, 0.4) is 0 Å². The summed E-state index contributed by atoms with van der Waals surface area (Å²) in [6.45, 7) is 8.04. The Bertz CT molecular complexity index is 414. The van der Waals surface area contributed by atoms with E-state index < -0.39 is 27.2 Å². The quantitative estimate of drug-likeness (QED) is 0.795. The maximum atomic E-state index is 11.8. The fourth-order valence-electron chi connectivity index (χ4n) is 2.13. The lowest BCUT2D eigenvalue weighted by Crippen LogP contribution is -2.52. The standard InChI is InChI=1S/C12H25N3O3S/c1-10-7-5-6-8-15(10)13-11(16)9-19(17,18)14-12(2,3)4/h10,14H,5-9H2,1-4H3,(H,13,16). The molecular formula is C12H25N3O3S. The van der Waals surface area contributed by atoms with Crippen LogP contribution in [0.2, 0.25) is 0 Å². The highest BCUT2D eigenvalue weighted by Gasteiger charge is 2.25. The topological polar surface area (TPSA) is 78.5 Å². The van der Waals surface area contributed by atoms with E-state index in [0.717, 1.165) is 25.8 Å². The van der Waals surface area contributed by atoms with Crippen molar-refractivity contribution in [1.82, 2.24) is 15.2 Å². The van der Waals surface area contributed by atoms with Crippen LogP contribution < -0.4 is 10.1 Å². The van der Waals surface area contributed by atoms with Crippen molar-refractivity contribution in [2.45, 2.75) is 58.5 Å². The molecule has 7 heteroatoms. The number of sulfonamides is 1. The fourth-order valence-corrected chi connectivity index (χ4v) is 3.55. The molecule has 2 N–H and O–H groups in total. The number of amides is 1. The van der Waals surface area contributed by atoms with Gasteiger partial charge < -0.3 is 0 Å². The zero-order valence-electron chi connectivity index (χ0n) is 12.2. The molecule has 1 fully saturated rings. The molecule has 112 valence electrons. The number of nitrogens with one attached hydrogen (secondary N) is 2. The van der Waals surface area contributed by atoms with Gasteiger partial charge in [-0.1, -0.05) is 6.42 Å².